The molecular formula is C21H13BrN2O. The maximum Gasteiger partial charge on any atom is 0.149 e. The highest BCUT2D eigenvalue weighted by Crippen LogP contribution is 2.36. The molecule has 0 fully saturated rings. The van der Waals surface area contributed by atoms with Crippen molar-refractivity contribution in [2.75, 3.05) is 0 Å². The number of hydrogen-bond donors (Lipinski definition) is 1. The lowest BCUT2D eigenvalue weighted by molar-refractivity contribution is 0.476. The number of aromatic nitrogens is 2. The second-order valence-electron chi connectivity index (χ2n) is 6.04. The van der Waals surface area contributed by atoms with E-state index in [2.05, 4.69) is 44.6 Å². The van der Waals surface area contributed by atoms with Crippen LogP contribution in [0.2, 0.25) is 0 Å². The van der Waals surface area contributed by atoms with Crippen LogP contribution in [0.5, 0.6) is 5.75 Å². The van der Waals surface area contributed by atoms with E-state index in [0.29, 0.717) is 5.56 Å². The SMILES string of the molecule is Oc1ccc(Br)cc1-c1nc2ccccc2c2cc3ccccc3n12. The summed E-state index contributed by atoms with van der Waals surface area (Å²) >= 11 is 3.50. The second-order valence-corrected chi connectivity index (χ2v) is 6.95. The van der Waals surface area contributed by atoms with Crippen LogP contribution in [0.25, 0.3) is 38.7 Å². The van der Waals surface area contributed by atoms with E-state index in [0.717, 1.165) is 37.6 Å². The molecule has 1 N–H and O–H groups in total. The molecule has 0 spiro atoms. The van der Waals surface area contributed by atoms with Crippen molar-refractivity contribution in [3.8, 4) is 17.1 Å². The van der Waals surface area contributed by atoms with E-state index in [4.69, 9.17) is 4.98 Å². The summed E-state index contributed by atoms with van der Waals surface area (Å²) in [6, 6.07) is 23.9. The van der Waals surface area contributed by atoms with Crippen LogP contribution in [0.15, 0.2) is 77.3 Å². The van der Waals surface area contributed by atoms with Gasteiger partial charge in [0.2, 0.25) is 0 Å². The van der Waals surface area contributed by atoms with Gasteiger partial charge in [-0.2, -0.15) is 0 Å². The molecule has 120 valence electrons. The molecule has 0 saturated carbocycles. The van der Waals surface area contributed by atoms with E-state index in [1.807, 2.05) is 42.5 Å². The maximum absolute atomic E-state index is 10.5. The number of halogens is 1. The highest BCUT2D eigenvalue weighted by atomic mass is 79.9. The number of para-hydroxylation sites is 2. The van der Waals surface area contributed by atoms with Crippen LogP contribution in [0.1, 0.15) is 0 Å². The van der Waals surface area contributed by atoms with Gasteiger partial charge >= 0.3 is 0 Å². The van der Waals surface area contributed by atoms with Gasteiger partial charge in [0.25, 0.3) is 0 Å². The van der Waals surface area contributed by atoms with Crippen LogP contribution in [0.3, 0.4) is 0 Å². The number of aromatic hydroxyl groups is 1. The largest absolute Gasteiger partial charge is 0.507 e. The molecule has 0 aliphatic heterocycles. The van der Waals surface area contributed by atoms with Gasteiger partial charge in [-0.3, -0.25) is 4.40 Å². The Labute approximate surface area is 152 Å². The van der Waals surface area contributed by atoms with Gasteiger partial charge in [-0.1, -0.05) is 52.3 Å². The monoisotopic (exact) mass is 388 g/mol. The molecule has 5 aromatic rings. The van der Waals surface area contributed by atoms with Crippen molar-refractivity contribution in [2.24, 2.45) is 0 Å². The van der Waals surface area contributed by atoms with Gasteiger partial charge in [0.05, 0.1) is 22.1 Å². The highest BCUT2D eigenvalue weighted by Gasteiger charge is 2.16. The molecule has 5 rings (SSSR count). The highest BCUT2D eigenvalue weighted by molar-refractivity contribution is 9.10. The first-order valence-corrected chi connectivity index (χ1v) is 8.79. The van der Waals surface area contributed by atoms with Crippen molar-refractivity contribution in [2.45, 2.75) is 0 Å². The number of phenols is 1. The molecule has 0 radical (unpaired) electrons. The minimum absolute atomic E-state index is 0.213. The van der Waals surface area contributed by atoms with Crippen LogP contribution >= 0.6 is 15.9 Å². The molecule has 0 amide bonds. The molecule has 25 heavy (non-hydrogen) atoms. The lowest BCUT2D eigenvalue weighted by Gasteiger charge is -2.11. The number of benzene rings is 3. The predicted octanol–water partition coefficient (Wildman–Crippen LogP) is 5.78. The van der Waals surface area contributed by atoms with E-state index in [-0.39, 0.29) is 5.75 Å². The Morgan fingerprint density at radius 1 is 0.840 bits per heavy atom. The van der Waals surface area contributed by atoms with Gasteiger partial charge in [-0.15, -0.1) is 0 Å². The Bertz CT molecular complexity index is 1270. The topological polar surface area (TPSA) is 37.5 Å². The van der Waals surface area contributed by atoms with Crippen molar-refractivity contribution >= 4 is 43.3 Å². The number of hydrogen-bond acceptors (Lipinski definition) is 2. The van der Waals surface area contributed by atoms with Crippen molar-refractivity contribution < 1.29 is 5.11 Å². The van der Waals surface area contributed by atoms with Gasteiger partial charge < -0.3 is 5.11 Å². The van der Waals surface area contributed by atoms with Gasteiger partial charge in [-0.25, -0.2) is 4.98 Å². The smallest absolute Gasteiger partial charge is 0.149 e. The molecule has 3 aromatic carbocycles. The van der Waals surface area contributed by atoms with Crippen molar-refractivity contribution in [1.82, 2.24) is 9.38 Å². The summed E-state index contributed by atoms with van der Waals surface area (Å²) in [5.74, 6) is 0.943. The molecule has 0 aliphatic rings. The summed E-state index contributed by atoms with van der Waals surface area (Å²) in [6.07, 6.45) is 0. The lowest BCUT2D eigenvalue weighted by Crippen LogP contribution is -1.97. The van der Waals surface area contributed by atoms with Crippen LogP contribution in [-0.2, 0) is 0 Å². The van der Waals surface area contributed by atoms with Crippen molar-refractivity contribution in [1.29, 1.82) is 0 Å². The third-order valence-electron chi connectivity index (χ3n) is 4.53. The fourth-order valence-electron chi connectivity index (χ4n) is 3.40. The molecule has 2 aromatic heterocycles. The molecule has 2 heterocycles. The van der Waals surface area contributed by atoms with Gasteiger partial charge in [0, 0.05) is 15.2 Å². The van der Waals surface area contributed by atoms with E-state index in [9.17, 15) is 5.11 Å². The number of fused-ring (bicyclic) bond motifs is 5. The molecule has 0 unspecified atom stereocenters. The zero-order chi connectivity index (χ0) is 17.0. The fourth-order valence-corrected chi connectivity index (χ4v) is 3.76. The molecule has 0 atom stereocenters. The minimum Gasteiger partial charge on any atom is -0.507 e. The Kier molecular flexibility index (Phi) is 3.09. The predicted molar refractivity (Wildman–Crippen MR) is 105 cm³/mol. The third kappa shape index (κ3) is 2.14. The summed E-state index contributed by atoms with van der Waals surface area (Å²) in [4.78, 5) is 4.88. The lowest BCUT2D eigenvalue weighted by atomic mass is 10.1. The fraction of sp³-hybridized carbons (Fsp3) is 0. The molecule has 0 bridgehead atoms. The summed E-state index contributed by atoms with van der Waals surface area (Å²) in [5, 5.41) is 12.7. The summed E-state index contributed by atoms with van der Waals surface area (Å²) in [7, 11) is 0. The van der Waals surface area contributed by atoms with E-state index in [1.54, 1.807) is 6.07 Å². The average molecular weight is 389 g/mol. The number of phenolic OH excluding ortho intramolecular Hbond substituents is 1. The Balaban J connectivity index is 2.05. The molecule has 4 heteroatoms. The normalized spacial score (nSPS) is 11.6. The summed E-state index contributed by atoms with van der Waals surface area (Å²) in [5.41, 5.74) is 3.77. The van der Waals surface area contributed by atoms with Crippen LogP contribution in [-0.4, -0.2) is 14.5 Å². The van der Waals surface area contributed by atoms with Crippen molar-refractivity contribution in [3.63, 3.8) is 0 Å². The number of rotatable bonds is 1. The van der Waals surface area contributed by atoms with Crippen LogP contribution in [0, 0.1) is 0 Å². The molecule has 0 saturated heterocycles. The average Bonchev–Trinajstić information content (AvgIpc) is 3.03. The summed E-state index contributed by atoms with van der Waals surface area (Å²) < 4.78 is 3.03. The molecule has 0 aliphatic carbocycles. The minimum atomic E-state index is 0.213. The van der Waals surface area contributed by atoms with Crippen LogP contribution < -0.4 is 0 Å². The Morgan fingerprint density at radius 2 is 1.64 bits per heavy atom. The zero-order valence-corrected chi connectivity index (χ0v) is 14.7. The number of nitrogens with zero attached hydrogens (tertiary/aromatic N) is 2. The van der Waals surface area contributed by atoms with E-state index < -0.39 is 0 Å². The quantitative estimate of drug-likeness (QED) is 0.395. The van der Waals surface area contributed by atoms with Crippen LogP contribution in [0.4, 0.5) is 0 Å². The third-order valence-corrected chi connectivity index (χ3v) is 5.02. The Hall–Kier alpha value is -2.85. The van der Waals surface area contributed by atoms with Crippen molar-refractivity contribution in [3.05, 3.63) is 77.3 Å². The first kappa shape index (κ1) is 14.5. The van der Waals surface area contributed by atoms with Gasteiger partial charge in [0.15, 0.2) is 0 Å². The van der Waals surface area contributed by atoms with E-state index >= 15 is 0 Å². The standard InChI is InChI=1S/C21H13BrN2O/c22-14-9-10-20(25)16(12-14)21-23-17-7-3-2-6-15(17)19-11-13-5-1-4-8-18(13)24(19)21/h1-12,25H. The molecular weight excluding hydrogens is 376 g/mol. The van der Waals surface area contributed by atoms with E-state index in [1.165, 1.54) is 0 Å². The first-order chi connectivity index (χ1) is 12.2. The van der Waals surface area contributed by atoms with Gasteiger partial charge in [0.1, 0.15) is 11.6 Å². The summed E-state index contributed by atoms with van der Waals surface area (Å²) in [6.45, 7) is 0. The maximum atomic E-state index is 10.5. The molecule has 3 nitrogen and oxygen atoms in total. The Morgan fingerprint density at radius 3 is 2.56 bits per heavy atom. The first-order valence-electron chi connectivity index (χ1n) is 8.00. The van der Waals surface area contributed by atoms with Gasteiger partial charge in [-0.05, 0) is 36.4 Å². The zero-order valence-electron chi connectivity index (χ0n) is 13.1. The second kappa shape index (κ2) is 5.33.